The van der Waals surface area contributed by atoms with Crippen molar-refractivity contribution >= 4 is 12.4 Å². The number of methoxy groups -OCH3 is 1. The predicted molar refractivity (Wildman–Crippen MR) is 84.6 cm³/mol. The lowest BCUT2D eigenvalue weighted by atomic mass is 10.0. The smallest absolute Gasteiger partial charge is 0.124 e. The minimum atomic E-state index is 0. The van der Waals surface area contributed by atoms with Gasteiger partial charge in [-0.15, -0.1) is 12.4 Å². The number of ether oxygens (including phenoxy) is 2. The first-order chi connectivity index (χ1) is 9.22. The zero-order valence-electron chi connectivity index (χ0n) is 12.4. The average Bonchev–Trinajstić information content (AvgIpc) is 3.23. The number of nitrogens with two attached hydrogens (primary N) is 1. The van der Waals surface area contributed by atoms with Crippen molar-refractivity contribution < 1.29 is 9.47 Å². The highest BCUT2D eigenvalue weighted by molar-refractivity contribution is 5.85. The van der Waals surface area contributed by atoms with E-state index in [-0.39, 0.29) is 18.4 Å². The number of rotatable bonds is 8. The van der Waals surface area contributed by atoms with Crippen molar-refractivity contribution in [2.45, 2.75) is 45.3 Å². The Labute approximate surface area is 128 Å². The maximum atomic E-state index is 6.01. The lowest BCUT2D eigenvalue weighted by Crippen LogP contribution is -2.21. The molecule has 0 bridgehead atoms. The molecule has 1 aliphatic rings. The van der Waals surface area contributed by atoms with Crippen molar-refractivity contribution in [1.29, 1.82) is 0 Å². The van der Waals surface area contributed by atoms with Crippen LogP contribution in [0, 0.1) is 5.92 Å². The van der Waals surface area contributed by atoms with Crippen LogP contribution in [0.4, 0.5) is 0 Å². The summed E-state index contributed by atoms with van der Waals surface area (Å²) < 4.78 is 11.2. The Hall–Kier alpha value is -0.770. The third-order valence-corrected chi connectivity index (χ3v) is 3.68. The summed E-state index contributed by atoms with van der Waals surface area (Å²) in [5.41, 5.74) is 8.40. The van der Waals surface area contributed by atoms with Crippen LogP contribution in [0.1, 0.15) is 37.3 Å². The molecule has 2 N–H and O–H groups in total. The second kappa shape index (κ2) is 8.50. The largest absolute Gasteiger partial charge is 0.496 e. The predicted octanol–water partition coefficient (Wildman–Crippen LogP) is 3.32. The molecule has 1 aliphatic carbocycles. The molecule has 2 rings (SSSR count). The molecule has 0 heterocycles. The highest BCUT2D eigenvalue weighted by Crippen LogP contribution is 2.29. The molecule has 1 saturated carbocycles. The zero-order valence-corrected chi connectivity index (χ0v) is 13.2. The van der Waals surface area contributed by atoms with Gasteiger partial charge in [-0.1, -0.05) is 13.0 Å². The second-order valence-corrected chi connectivity index (χ2v) is 5.48. The van der Waals surface area contributed by atoms with Gasteiger partial charge in [0.2, 0.25) is 0 Å². The van der Waals surface area contributed by atoms with Gasteiger partial charge in [-0.2, -0.15) is 0 Å². The van der Waals surface area contributed by atoms with Crippen molar-refractivity contribution in [3.63, 3.8) is 0 Å². The fourth-order valence-electron chi connectivity index (χ4n) is 2.14. The molecule has 0 spiro atoms. The molecule has 4 heteroatoms. The first-order valence-corrected chi connectivity index (χ1v) is 7.22. The van der Waals surface area contributed by atoms with Crippen LogP contribution in [0.3, 0.4) is 0 Å². The van der Waals surface area contributed by atoms with Gasteiger partial charge in [0.1, 0.15) is 5.75 Å². The van der Waals surface area contributed by atoms with Gasteiger partial charge in [0.25, 0.3) is 0 Å². The summed E-state index contributed by atoms with van der Waals surface area (Å²) in [6.45, 7) is 3.63. The van der Waals surface area contributed by atoms with E-state index in [0.29, 0.717) is 6.61 Å². The number of benzene rings is 1. The summed E-state index contributed by atoms with van der Waals surface area (Å²) >= 11 is 0. The molecule has 1 aromatic carbocycles. The Morgan fingerprint density at radius 1 is 1.35 bits per heavy atom. The first-order valence-electron chi connectivity index (χ1n) is 7.22. The first kappa shape index (κ1) is 17.3. The van der Waals surface area contributed by atoms with Crippen molar-refractivity contribution in [2.75, 3.05) is 13.7 Å². The van der Waals surface area contributed by atoms with Crippen LogP contribution in [0.2, 0.25) is 0 Å². The molecule has 1 atom stereocenters. The maximum Gasteiger partial charge on any atom is 0.124 e. The minimum absolute atomic E-state index is 0. The van der Waals surface area contributed by atoms with E-state index >= 15 is 0 Å². The van der Waals surface area contributed by atoms with Crippen LogP contribution in [0.25, 0.3) is 0 Å². The number of hydrogen-bond acceptors (Lipinski definition) is 3. The highest BCUT2D eigenvalue weighted by Gasteiger charge is 2.21. The van der Waals surface area contributed by atoms with Gasteiger partial charge in [-0.05, 0) is 49.3 Å². The van der Waals surface area contributed by atoms with E-state index in [1.165, 1.54) is 18.4 Å². The van der Waals surface area contributed by atoms with Crippen molar-refractivity contribution in [2.24, 2.45) is 11.7 Å². The van der Waals surface area contributed by atoms with Crippen LogP contribution in [-0.2, 0) is 17.8 Å². The minimum Gasteiger partial charge on any atom is -0.496 e. The zero-order chi connectivity index (χ0) is 13.7. The average molecular weight is 300 g/mol. The maximum absolute atomic E-state index is 6.01. The van der Waals surface area contributed by atoms with E-state index in [4.69, 9.17) is 15.2 Å². The van der Waals surface area contributed by atoms with Crippen LogP contribution < -0.4 is 10.5 Å². The monoisotopic (exact) mass is 299 g/mol. The van der Waals surface area contributed by atoms with Gasteiger partial charge >= 0.3 is 0 Å². The van der Waals surface area contributed by atoms with Crippen LogP contribution >= 0.6 is 12.4 Å². The molecular weight excluding hydrogens is 274 g/mol. The van der Waals surface area contributed by atoms with Gasteiger partial charge in [0.15, 0.2) is 0 Å². The van der Waals surface area contributed by atoms with E-state index in [1.54, 1.807) is 7.11 Å². The molecule has 1 unspecified atom stereocenters. The van der Waals surface area contributed by atoms with Crippen molar-refractivity contribution in [3.8, 4) is 5.75 Å². The highest BCUT2D eigenvalue weighted by atomic mass is 35.5. The summed E-state index contributed by atoms with van der Waals surface area (Å²) in [5.74, 6) is 1.70. The quantitative estimate of drug-likeness (QED) is 0.801. The molecule has 114 valence electrons. The summed E-state index contributed by atoms with van der Waals surface area (Å²) in [7, 11) is 1.71. The lowest BCUT2D eigenvalue weighted by molar-refractivity contribution is 0.109. The summed E-state index contributed by atoms with van der Waals surface area (Å²) in [5, 5.41) is 0. The Morgan fingerprint density at radius 3 is 2.70 bits per heavy atom. The third kappa shape index (κ3) is 5.31. The Morgan fingerprint density at radius 2 is 2.10 bits per heavy atom. The molecule has 0 radical (unpaired) electrons. The van der Waals surface area contributed by atoms with Gasteiger partial charge in [0.05, 0.1) is 13.7 Å². The topological polar surface area (TPSA) is 44.5 Å². The van der Waals surface area contributed by atoms with Gasteiger partial charge < -0.3 is 15.2 Å². The Bertz CT molecular complexity index is 407. The second-order valence-electron chi connectivity index (χ2n) is 5.48. The number of hydrogen-bond donors (Lipinski definition) is 1. The van der Waals surface area contributed by atoms with E-state index in [1.807, 2.05) is 6.07 Å². The normalized spacial score (nSPS) is 15.6. The van der Waals surface area contributed by atoms with E-state index in [2.05, 4.69) is 19.1 Å². The third-order valence-electron chi connectivity index (χ3n) is 3.68. The molecule has 20 heavy (non-hydrogen) atoms. The van der Waals surface area contributed by atoms with Crippen LogP contribution in [0.15, 0.2) is 18.2 Å². The molecule has 0 aliphatic heterocycles. The standard InChI is InChI=1S/C16H25NO2.ClH/c1-3-15(17)9-13-6-7-16(18-2)14(8-13)11-19-10-12-4-5-12;/h6-8,12,15H,3-5,9-11,17H2,1-2H3;1H. The van der Waals surface area contributed by atoms with Crippen molar-refractivity contribution in [1.82, 2.24) is 0 Å². The fourth-order valence-corrected chi connectivity index (χ4v) is 2.14. The number of halogens is 1. The fraction of sp³-hybridized carbons (Fsp3) is 0.625. The van der Waals surface area contributed by atoms with Crippen LogP contribution in [0.5, 0.6) is 5.75 Å². The molecule has 0 aromatic heterocycles. The van der Waals surface area contributed by atoms with Gasteiger partial charge in [-0.3, -0.25) is 0 Å². The molecule has 0 saturated heterocycles. The van der Waals surface area contributed by atoms with E-state index in [9.17, 15) is 0 Å². The Kier molecular flexibility index (Phi) is 7.35. The molecule has 3 nitrogen and oxygen atoms in total. The SMILES string of the molecule is CCC(N)Cc1ccc(OC)c(COCC2CC2)c1.Cl. The lowest BCUT2D eigenvalue weighted by Gasteiger charge is -2.13. The van der Waals surface area contributed by atoms with Crippen LogP contribution in [-0.4, -0.2) is 19.8 Å². The van der Waals surface area contributed by atoms with E-state index < -0.39 is 0 Å². The Balaban J connectivity index is 0.00000200. The molecule has 0 amide bonds. The van der Waals surface area contributed by atoms with Crippen molar-refractivity contribution in [3.05, 3.63) is 29.3 Å². The summed E-state index contributed by atoms with van der Waals surface area (Å²) in [6.07, 6.45) is 4.56. The molecular formula is C16H26ClNO2. The molecule has 1 aromatic rings. The van der Waals surface area contributed by atoms with E-state index in [0.717, 1.165) is 36.7 Å². The molecule has 1 fully saturated rings. The summed E-state index contributed by atoms with van der Waals surface area (Å²) in [6, 6.07) is 6.52. The van der Waals surface area contributed by atoms with Gasteiger partial charge in [-0.25, -0.2) is 0 Å². The van der Waals surface area contributed by atoms with Gasteiger partial charge in [0, 0.05) is 18.2 Å². The summed E-state index contributed by atoms with van der Waals surface area (Å²) in [4.78, 5) is 0.